The van der Waals surface area contributed by atoms with Crippen LogP contribution in [0.3, 0.4) is 0 Å². The van der Waals surface area contributed by atoms with Crippen molar-refractivity contribution >= 4 is 18.1 Å². The van der Waals surface area contributed by atoms with Crippen LogP contribution in [0.15, 0.2) is 34.2 Å². The van der Waals surface area contributed by atoms with E-state index in [1.807, 2.05) is 12.1 Å². The number of hydrogen-bond donors (Lipinski definition) is 2. The van der Waals surface area contributed by atoms with Gasteiger partial charge in [-0.15, -0.1) is 0 Å². The van der Waals surface area contributed by atoms with Gasteiger partial charge in [0.1, 0.15) is 5.69 Å². The molecule has 7 heteroatoms. The highest BCUT2D eigenvalue weighted by Crippen LogP contribution is 2.48. The average Bonchev–Trinajstić information content (AvgIpc) is 2.96. The van der Waals surface area contributed by atoms with Crippen LogP contribution in [0.4, 0.5) is 5.69 Å². The van der Waals surface area contributed by atoms with E-state index < -0.39 is 0 Å². The Balaban J connectivity index is 2.27. The minimum Gasteiger partial charge on any atom is -0.493 e. The van der Waals surface area contributed by atoms with Gasteiger partial charge >= 0.3 is 0 Å². The third-order valence-electron chi connectivity index (χ3n) is 4.74. The van der Waals surface area contributed by atoms with E-state index in [9.17, 15) is 4.79 Å². The number of rotatable bonds is 6. The largest absolute Gasteiger partial charge is 0.493 e. The smallest absolute Gasteiger partial charge is 0.203 e. The second kappa shape index (κ2) is 8.56. The quantitative estimate of drug-likeness (QED) is 0.592. The highest BCUT2D eigenvalue weighted by Gasteiger charge is 2.25. The van der Waals surface area contributed by atoms with Gasteiger partial charge in [0.15, 0.2) is 11.5 Å². The van der Waals surface area contributed by atoms with Crippen LogP contribution >= 0.6 is 0 Å². The van der Waals surface area contributed by atoms with Crippen molar-refractivity contribution in [2.45, 2.75) is 19.3 Å². The maximum Gasteiger partial charge on any atom is 0.203 e. The molecule has 146 valence electrons. The number of nitrogens with one attached hydrogen (secondary N) is 2. The van der Waals surface area contributed by atoms with E-state index in [1.54, 1.807) is 33.5 Å². The van der Waals surface area contributed by atoms with Gasteiger partial charge in [0.2, 0.25) is 11.2 Å². The van der Waals surface area contributed by atoms with Crippen molar-refractivity contribution in [3.8, 4) is 28.4 Å². The first-order chi connectivity index (χ1) is 13.6. The Labute approximate surface area is 163 Å². The van der Waals surface area contributed by atoms with Crippen molar-refractivity contribution in [1.82, 2.24) is 0 Å². The molecule has 2 aromatic carbocycles. The van der Waals surface area contributed by atoms with Crippen LogP contribution in [0.25, 0.3) is 11.1 Å². The van der Waals surface area contributed by atoms with Gasteiger partial charge in [-0.25, -0.2) is 0 Å². The standard InChI is InChI=1S/C21H23N3O4/c1-26-18-12-14-6-4-5-13-11-17(25)16(24-23-10-9-22)8-7-15(13)19(14)21(28-3)20(18)27-2/h7-12,22H,4-6H2,1-3H3,(H,24,25)/b22-9?,23-10-. The lowest BCUT2D eigenvalue weighted by molar-refractivity contribution is 0.324. The van der Waals surface area contributed by atoms with E-state index in [0.29, 0.717) is 22.9 Å². The van der Waals surface area contributed by atoms with Gasteiger partial charge in [0.25, 0.3) is 0 Å². The van der Waals surface area contributed by atoms with Gasteiger partial charge in [0, 0.05) is 11.8 Å². The zero-order valence-corrected chi connectivity index (χ0v) is 16.2. The summed E-state index contributed by atoms with van der Waals surface area (Å²) in [5.41, 5.74) is 6.74. The lowest BCUT2D eigenvalue weighted by Gasteiger charge is -2.19. The summed E-state index contributed by atoms with van der Waals surface area (Å²) in [4.78, 5) is 12.6. The number of fused-ring (bicyclic) bond motifs is 3. The minimum absolute atomic E-state index is 0.161. The SMILES string of the molecule is COc1cc2c(c(OC)c1OC)-c1ccc(N/N=C\C=N)c(=O)cc1CCC2. The molecule has 1 aliphatic rings. The molecular weight excluding hydrogens is 358 g/mol. The normalized spacial score (nSPS) is 12.5. The van der Waals surface area contributed by atoms with E-state index >= 15 is 0 Å². The van der Waals surface area contributed by atoms with Crippen molar-refractivity contribution in [2.24, 2.45) is 5.10 Å². The molecule has 7 nitrogen and oxygen atoms in total. The van der Waals surface area contributed by atoms with Crippen LogP contribution in [-0.2, 0) is 12.8 Å². The molecule has 0 radical (unpaired) electrons. The fraction of sp³-hybridized carbons (Fsp3) is 0.286. The summed E-state index contributed by atoms with van der Waals surface area (Å²) < 4.78 is 16.8. The van der Waals surface area contributed by atoms with E-state index in [0.717, 1.165) is 47.7 Å². The number of hydrogen-bond acceptors (Lipinski definition) is 7. The Morgan fingerprint density at radius 2 is 1.79 bits per heavy atom. The van der Waals surface area contributed by atoms with E-state index in [2.05, 4.69) is 10.5 Å². The Bertz CT molecular complexity index is 986. The maximum atomic E-state index is 12.6. The summed E-state index contributed by atoms with van der Waals surface area (Å²) >= 11 is 0. The number of nitrogens with zero attached hydrogens (tertiary/aromatic N) is 1. The van der Waals surface area contributed by atoms with Crippen molar-refractivity contribution in [1.29, 1.82) is 5.41 Å². The van der Waals surface area contributed by atoms with Gasteiger partial charge in [-0.3, -0.25) is 10.2 Å². The molecular formula is C21H23N3O4. The molecule has 0 bridgehead atoms. The Hall–Kier alpha value is -3.35. The minimum atomic E-state index is -0.161. The molecule has 0 fully saturated rings. The predicted octanol–water partition coefficient (Wildman–Crippen LogP) is 3.28. The fourth-order valence-electron chi connectivity index (χ4n) is 3.53. The number of anilines is 1. The van der Waals surface area contributed by atoms with Gasteiger partial charge in [-0.2, -0.15) is 5.10 Å². The first-order valence-electron chi connectivity index (χ1n) is 8.92. The third kappa shape index (κ3) is 3.55. The third-order valence-corrected chi connectivity index (χ3v) is 4.74. The van der Waals surface area contributed by atoms with Crippen LogP contribution in [0.2, 0.25) is 0 Å². The van der Waals surface area contributed by atoms with Crippen LogP contribution in [0, 0.1) is 5.41 Å². The molecule has 0 heterocycles. The summed E-state index contributed by atoms with van der Waals surface area (Å²) in [6.45, 7) is 0. The molecule has 0 aromatic heterocycles. The first kappa shape index (κ1) is 19.4. The maximum absolute atomic E-state index is 12.6. The fourth-order valence-corrected chi connectivity index (χ4v) is 3.53. The van der Waals surface area contributed by atoms with Gasteiger partial charge in [0.05, 0.1) is 27.5 Å². The molecule has 0 atom stereocenters. The van der Waals surface area contributed by atoms with Crippen molar-refractivity contribution < 1.29 is 14.2 Å². The van der Waals surface area contributed by atoms with Crippen molar-refractivity contribution in [3.63, 3.8) is 0 Å². The summed E-state index contributed by atoms with van der Waals surface area (Å²) in [7, 11) is 4.78. The number of ether oxygens (including phenoxy) is 3. The zero-order chi connectivity index (χ0) is 20.1. The van der Waals surface area contributed by atoms with Gasteiger partial charge in [-0.05, 0) is 54.2 Å². The number of benzene rings is 1. The highest BCUT2D eigenvalue weighted by molar-refractivity contribution is 6.14. The van der Waals surface area contributed by atoms with Crippen molar-refractivity contribution in [2.75, 3.05) is 26.8 Å². The summed E-state index contributed by atoms with van der Waals surface area (Å²) in [5.74, 6) is 1.74. The number of aryl methyl sites for hydroxylation is 2. The number of methoxy groups -OCH3 is 3. The van der Waals surface area contributed by atoms with Gasteiger partial charge in [-0.1, -0.05) is 6.07 Å². The molecule has 28 heavy (non-hydrogen) atoms. The van der Waals surface area contributed by atoms with Crippen LogP contribution in [0.5, 0.6) is 17.2 Å². The molecule has 0 saturated carbocycles. The van der Waals surface area contributed by atoms with E-state index in [4.69, 9.17) is 19.6 Å². The second-order valence-electron chi connectivity index (χ2n) is 6.28. The second-order valence-corrected chi connectivity index (χ2v) is 6.28. The first-order valence-corrected chi connectivity index (χ1v) is 8.92. The molecule has 0 amide bonds. The lowest BCUT2D eigenvalue weighted by atomic mass is 9.96. The van der Waals surface area contributed by atoms with Crippen LogP contribution in [-0.4, -0.2) is 33.8 Å². The summed E-state index contributed by atoms with van der Waals surface area (Å²) in [5, 5.41) is 10.8. The molecule has 0 unspecified atom stereocenters. The Morgan fingerprint density at radius 3 is 2.46 bits per heavy atom. The summed E-state index contributed by atoms with van der Waals surface area (Å²) in [6, 6.07) is 7.22. The Kier molecular flexibility index (Phi) is 5.93. The number of hydrazone groups is 1. The molecule has 2 N–H and O–H groups in total. The van der Waals surface area contributed by atoms with Crippen LogP contribution < -0.4 is 25.1 Å². The monoisotopic (exact) mass is 381 g/mol. The van der Waals surface area contributed by atoms with Crippen LogP contribution in [0.1, 0.15) is 17.5 Å². The molecule has 0 saturated heterocycles. The van der Waals surface area contributed by atoms with E-state index in [-0.39, 0.29) is 5.43 Å². The zero-order valence-electron chi connectivity index (χ0n) is 16.2. The molecule has 0 aliphatic heterocycles. The van der Waals surface area contributed by atoms with E-state index in [1.165, 1.54) is 6.21 Å². The highest BCUT2D eigenvalue weighted by atomic mass is 16.5. The van der Waals surface area contributed by atoms with Gasteiger partial charge < -0.3 is 19.6 Å². The molecule has 0 spiro atoms. The predicted molar refractivity (Wildman–Crippen MR) is 111 cm³/mol. The van der Waals surface area contributed by atoms with Crippen molar-refractivity contribution in [3.05, 3.63) is 45.6 Å². The average molecular weight is 381 g/mol. The topological polar surface area (TPSA) is 93.0 Å². The molecule has 3 rings (SSSR count). The Morgan fingerprint density at radius 1 is 1.04 bits per heavy atom. The summed E-state index contributed by atoms with van der Waals surface area (Å²) in [6.07, 6.45) is 4.82. The lowest BCUT2D eigenvalue weighted by Crippen LogP contribution is -2.04. The molecule has 2 aromatic rings. The molecule has 1 aliphatic carbocycles.